The summed E-state index contributed by atoms with van der Waals surface area (Å²) in [5.41, 5.74) is 2.77. The van der Waals surface area contributed by atoms with E-state index in [1.807, 2.05) is 23.1 Å². The highest BCUT2D eigenvalue weighted by Crippen LogP contribution is 2.48. The second kappa shape index (κ2) is 19.6. The fourth-order valence-corrected chi connectivity index (χ4v) is 7.68. The molecule has 3 aliphatic heterocycles. The van der Waals surface area contributed by atoms with Gasteiger partial charge in [0.15, 0.2) is 0 Å². The first kappa shape index (κ1) is 39.1. The molecule has 3 aliphatic rings. The highest BCUT2D eigenvalue weighted by molar-refractivity contribution is 5.82. The number of carbonyl (C=O) groups excluding carboxylic acids is 2. The smallest absolute Gasteiger partial charge is 0.224 e. The molecule has 0 bridgehead atoms. The van der Waals surface area contributed by atoms with Crippen LogP contribution in [0, 0.1) is 17.8 Å². The van der Waals surface area contributed by atoms with Gasteiger partial charge in [-0.2, -0.15) is 0 Å². The lowest BCUT2D eigenvalue weighted by molar-refractivity contribution is -0.132. The molecule has 5 atom stereocenters. The number of amides is 2. The van der Waals surface area contributed by atoms with Crippen molar-refractivity contribution in [1.29, 1.82) is 0 Å². The minimum absolute atomic E-state index is 0.0892. The number of epoxide rings is 1. The first-order valence-corrected chi connectivity index (χ1v) is 19.1. The van der Waals surface area contributed by atoms with Gasteiger partial charge in [0, 0.05) is 62.9 Å². The maximum absolute atomic E-state index is 12.9. The summed E-state index contributed by atoms with van der Waals surface area (Å²) in [7, 11) is 1.65. The average Bonchev–Trinajstić information content (AvgIpc) is 3.77. The van der Waals surface area contributed by atoms with Crippen molar-refractivity contribution in [2.24, 2.45) is 17.8 Å². The third-order valence-electron chi connectivity index (χ3n) is 10.7. The predicted octanol–water partition coefficient (Wildman–Crippen LogP) is 7.54. The monoisotopic (exact) mass is 680 g/mol. The molecular formula is C41H64N2O6. The summed E-state index contributed by atoms with van der Waals surface area (Å²) in [6.07, 6.45) is 17.6. The topological polar surface area (TPSA) is 89.6 Å². The zero-order valence-electron chi connectivity index (χ0n) is 31.3. The summed E-state index contributed by atoms with van der Waals surface area (Å²) in [4.78, 5) is 27.6. The second-order valence-electron chi connectivity index (χ2n) is 14.9. The Hall–Kier alpha value is -2.68. The van der Waals surface area contributed by atoms with Crippen molar-refractivity contribution >= 4 is 17.4 Å². The highest BCUT2D eigenvalue weighted by atomic mass is 16.6. The van der Waals surface area contributed by atoms with Gasteiger partial charge in [-0.25, -0.2) is 0 Å². The van der Waals surface area contributed by atoms with Gasteiger partial charge in [0.2, 0.25) is 11.8 Å². The zero-order valence-corrected chi connectivity index (χ0v) is 31.3. The standard InChI is InChI=1S/C41H64N2O6/c1-7-8-10-25-47-29-33-20-23-43(24-21-33)38(45)19-22-42-37(44)27-34-16-13-17-35(39(34)46-6)31(3)15-12-14-30(2)28-41(5)40(49-41)32(4)36-18-9-11-26-48-36/h12-17,30,32-33,36,40H,7-11,18-29H2,1-6H3,(H,42,44)/b14-12+,31-15+/t30-,32-,36+,40-,41-/m1/s1. The summed E-state index contributed by atoms with van der Waals surface area (Å²) >= 11 is 0. The number of nitrogens with one attached hydrogen (secondary N) is 1. The van der Waals surface area contributed by atoms with Crippen molar-refractivity contribution in [3.63, 3.8) is 0 Å². The van der Waals surface area contributed by atoms with Gasteiger partial charge in [0.1, 0.15) is 5.75 Å². The number of ether oxygens (including phenoxy) is 4. The van der Waals surface area contributed by atoms with Crippen LogP contribution in [0.3, 0.4) is 0 Å². The summed E-state index contributed by atoms with van der Waals surface area (Å²) < 4.78 is 23.9. The van der Waals surface area contributed by atoms with Crippen molar-refractivity contribution < 1.29 is 28.5 Å². The van der Waals surface area contributed by atoms with E-state index in [-0.39, 0.29) is 29.9 Å². The van der Waals surface area contributed by atoms with E-state index in [0.29, 0.717) is 42.6 Å². The van der Waals surface area contributed by atoms with Crippen LogP contribution in [-0.2, 0) is 30.2 Å². The molecule has 0 aliphatic carbocycles. The molecule has 3 fully saturated rings. The molecular weight excluding hydrogens is 616 g/mol. The summed E-state index contributed by atoms with van der Waals surface area (Å²) in [6.45, 7) is 15.4. The van der Waals surface area contributed by atoms with Gasteiger partial charge < -0.3 is 29.2 Å². The summed E-state index contributed by atoms with van der Waals surface area (Å²) in [5.74, 6) is 2.02. The average molecular weight is 681 g/mol. The van der Waals surface area contributed by atoms with Gasteiger partial charge >= 0.3 is 0 Å². The Morgan fingerprint density at radius 1 is 1.14 bits per heavy atom. The molecule has 2 amide bonds. The van der Waals surface area contributed by atoms with Gasteiger partial charge in [-0.3, -0.25) is 9.59 Å². The first-order chi connectivity index (χ1) is 23.6. The van der Waals surface area contributed by atoms with Crippen LogP contribution in [0.2, 0.25) is 0 Å². The van der Waals surface area contributed by atoms with Crippen molar-refractivity contribution in [3.05, 3.63) is 47.6 Å². The number of piperidine rings is 1. The molecule has 8 nitrogen and oxygen atoms in total. The largest absolute Gasteiger partial charge is 0.496 e. The number of methoxy groups -OCH3 is 1. The summed E-state index contributed by atoms with van der Waals surface area (Å²) in [5, 5.41) is 2.95. The van der Waals surface area contributed by atoms with Gasteiger partial charge in [-0.05, 0) is 76.2 Å². The molecule has 0 saturated carbocycles. The Morgan fingerprint density at radius 3 is 2.65 bits per heavy atom. The third kappa shape index (κ3) is 12.0. The second-order valence-corrected chi connectivity index (χ2v) is 14.9. The summed E-state index contributed by atoms with van der Waals surface area (Å²) in [6, 6.07) is 5.93. The van der Waals surface area contributed by atoms with Crippen LogP contribution in [0.1, 0.15) is 110 Å². The molecule has 8 heteroatoms. The Balaban J connectivity index is 1.19. The van der Waals surface area contributed by atoms with Crippen molar-refractivity contribution in [2.45, 2.75) is 123 Å². The number of hydrogen-bond acceptors (Lipinski definition) is 6. The van der Waals surface area contributed by atoms with E-state index in [1.165, 1.54) is 25.7 Å². The SMILES string of the molecule is CCCCCOCC1CCN(C(=O)CCNC(=O)Cc2cccc(/C(C)=C/C=C/[C@@H](C)C[C@@]3(C)O[C@@H]3[C@H](C)[C@@H]3CCCCO3)c2OC)CC1. The minimum Gasteiger partial charge on any atom is -0.496 e. The molecule has 3 saturated heterocycles. The van der Waals surface area contributed by atoms with E-state index in [2.05, 4.69) is 58.2 Å². The molecule has 0 aromatic heterocycles. The van der Waals surface area contributed by atoms with E-state index in [9.17, 15) is 9.59 Å². The van der Waals surface area contributed by atoms with E-state index in [1.54, 1.807) is 7.11 Å². The number of allylic oxidation sites excluding steroid dienone is 4. The van der Waals surface area contributed by atoms with E-state index < -0.39 is 0 Å². The van der Waals surface area contributed by atoms with Gasteiger partial charge in [0.25, 0.3) is 0 Å². The van der Waals surface area contributed by atoms with Crippen molar-refractivity contribution in [3.8, 4) is 5.75 Å². The number of hydrogen-bond donors (Lipinski definition) is 1. The number of benzene rings is 1. The lowest BCUT2D eigenvalue weighted by Crippen LogP contribution is -2.41. The number of carbonyl (C=O) groups is 2. The Kier molecular flexibility index (Phi) is 15.7. The highest BCUT2D eigenvalue weighted by Gasteiger charge is 2.56. The van der Waals surface area contributed by atoms with Crippen LogP contribution >= 0.6 is 0 Å². The van der Waals surface area contributed by atoms with E-state index in [0.717, 1.165) is 81.7 Å². The van der Waals surface area contributed by atoms with Crippen LogP contribution in [0.4, 0.5) is 0 Å². The Bertz CT molecular complexity index is 1250. The number of para-hydroxylation sites is 1. The lowest BCUT2D eigenvalue weighted by atomic mass is 9.85. The van der Waals surface area contributed by atoms with Crippen molar-refractivity contribution in [2.75, 3.05) is 46.6 Å². The molecule has 0 spiro atoms. The molecule has 1 N–H and O–H groups in total. The zero-order chi connectivity index (χ0) is 35.2. The molecule has 0 unspecified atom stereocenters. The van der Waals surface area contributed by atoms with Crippen molar-refractivity contribution in [1.82, 2.24) is 10.2 Å². The fraction of sp³-hybridized carbons (Fsp3) is 0.707. The molecule has 1 aromatic rings. The molecule has 3 heterocycles. The van der Waals surface area contributed by atoms with Crippen LogP contribution < -0.4 is 10.1 Å². The molecule has 4 rings (SSSR count). The molecule has 274 valence electrons. The normalized spacial score (nSPS) is 24.5. The van der Waals surface area contributed by atoms with Gasteiger partial charge in [-0.15, -0.1) is 0 Å². The molecule has 0 radical (unpaired) electrons. The van der Waals surface area contributed by atoms with Crippen LogP contribution in [0.25, 0.3) is 5.57 Å². The number of rotatable bonds is 19. The van der Waals surface area contributed by atoms with Crippen LogP contribution in [-0.4, -0.2) is 81.1 Å². The molecule has 49 heavy (non-hydrogen) atoms. The fourth-order valence-electron chi connectivity index (χ4n) is 7.68. The Labute approximate surface area is 296 Å². The molecule has 1 aromatic carbocycles. The maximum Gasteiger partial charge on any atom is 0.224 e. The number of unbranched alkanes of at least 4 members (excludes halogenated alkanes) is 2. The van der Waals surface area contributed by atoms with E-state index in [4.69, 9.17) is 18.9 Å². The van der Waals surface area contributed by atoms with Crippen LogP contribution in [0.5, 0.6) is 5.75 Å². The number of likely N-dealkylation sites (tertiary alicyclic amines) is 1. The maximum atomic E-state index is 12.9. The van der Waals surface area contributed by atoms with Crippen LogP contribution in [0.15, 0.2) is 36.4 Å². The van der Waals surface area contributed by atoms with E-state index >= 15 is 0 Å². The Morgan fingerprint density at radius 2 is 1.94 bits per heavy atom. The van der Waals surface area contributed by atoms with Gasteiger partial charge in [0.05, 0.1) is 31.3 Å². The van der Waals surface area contributed by atoms with Gasteiger partial charge in [-0.1, -0.05) is 70.0 Å². The third-order valence-corrected chi connectivity index (χ3v) is 10.7. The number of nitrogens with zero attached hydrogens (tertiary/aromatic N) is 1. The quantitative estimate of drug-likeness (QED) is 0.0923. The first-order valence-electron chi connectivity index (χ1n) is 19.1. The predicted molar refractivity (Wildman–Crippen MR) is 197 cm³/mol. The minimum atomic E-state index is -0.115. The lowest BCUT2D eigenvalue weighted by Gasteiger charge is -2.32.